The number of benzene rings is 1. The SMILES string of the molecule is CCOC(=O)c1ccc(C(C)CC#N)cc1. The standard InChI is InChI=1S/C13H15NO2/c1-3-16-13(15)12-6-4-11(5-7-12)10(2)8-9-14/h4-7,10H,3,8H2,1-2H3. The Kier molecular flexibility index (Phi) is 4.53. The van der Waals surface area contributed by atoms with Gasteiger partial charge in [0.1, 0.15) is 0 Å². The summed E-state index contributed by atoms with van der Waals surface area (Å²) in [5, 5.41) is 8.59. The first-order chi connectivity index (χ1) is 7.69. The molecule has 0 radical (unpaired) electrons. The van der Waals surface area contributed by atoms with E-state index in [1.54, 1.807) is 19.1 Å². The van der Waals surface area contributed by atoms with Crippen molar-refractivity contribution in [2.24, 2.45) is 0 Å². The first-order valence-corrected chi connectivity index (χ1v) is 5.33. The fraction of sp³-hybridized carbons (Fsp3) is 0.385. The van der Waals surface area contributed by atoms with Gasteiger partial charge < -0.3 is 4.74 Å². The summed E-state index contributed by atoms with van der Waals surface area (Å²) < 4.78 is 4.88. The molecule has 0 saturated heterocycles. The summed E-state index contributed by atoms with van der Waals surface area (Å²) in [5.74, 6) is -0.108. The highest BCUT2D eigenvalue weighted by Gasteiger charge is 2.08. The number of hydrogen-bond acceptors (Lipinski definition) is 3. The monoisotopic (exact) mass is 217 g/mol. The molecule has 0 spiro atoms. The lowest BCUT2D eigenvalue weighted by Crippen LogP contribution is -2.04. The molecule has 0 fully saturated rings. The molecule has 0 aliphatic carbocycles. The van der Waals surface area contributed by atoms with Gasteiger partial charge in [0.15, 0.2) is 0 Å². The second-order valence-corrected chi connectivity index (χ2v) is 3.61. The summed E-state index contributed by atoms with van der Waals surface area (Å²) in [7, 11) is 0. The number of rotatable bonds is 4. The zero-order valence-corrected chi connectivity index (χ0v) is 9.56. The third kappa shape index (κ3) is 3.09. The molecule has 1 unspecified atom stereocenters. The normalized spacial score (nSPS) is 11.6. The maximum absolute atomic E-state index is 11.4. The molecule has 16 heavy (non-hydrogen) atoms. The minimum Gasteiger partial charge on any atom is -0.462 e. The molecule has 0 bridgehead atoms. The van der Waals surface area contributed by atoms with Crippen LogP contribution in [0.15, 0.2) is 24.3 Å². The van der Waals surface area contributed by atoms with Crippen molar-refractivity contribution in [3.05, 3.63) is 35.4 Å². The van der Waals surface area contributed by atoms with Gasteiger partial charge in [-0.25, -0.2) is 4.79 Å². The summed E-state index contributed by atoms with van der Waals surface area (Å²) in [6, 6.07) is 9.35. The molecule has 0 aliphatic rings. The fourth-order valence-corrected chi connectivity index (χ4v) is 1.42. The van der Waals surface area contributed by atoms with E-state index in [4.69, 9.17) is 10.00 Å². The van der Waals surface area contributed by atoms with Gasteiger partial charge in [-0.2, -0.15) is 5.26 Å². The molecule has 0 aliphatic heterocycles. The van der Waals surface area contributed by atoms with Crippen LogP contribution in [0.3, 0.4) is 0 Å². The molecule has 84 valence electrons. The first-order valence-electron chi connectivity index (χ1n) is 5.33. The predicted octanol–water partition coefficient (Wildman–Crippen LogP) is 2.88. The van der Waals surface area contributed by atoms with Crippen molar-refractivity contribution in [3.63, 3.8) is 0 Å². The second-order valence-electron chi connectivity index (χ2n) is 3.61. The van der Waals surface area contributed by atoms with Gasteiger partial charge in [0.25, 0.3) is 0 Å². The molecule has 0 N–H and O–H groups in total. The van der Waals surface area contributed by atoms with Gasteiger partial charge >= 0.3 is 5.97 Å². The minimum absolute atomic E-state index is 0.196. The van der Waals surface area contributed by atoms with Crippen molar-refractivity contribution in [1.29, 1.82) is 5.26 Å². The number of carbonyl (C=O) groups excluding carboxylic acids is 1. The van der Waals surface area contributed by atoms with Crippen LogP contribution >= 0.6 is 0 Å². The quantitative estimate of drug-likeness (QED) is 0.728. The number of esters is 1. The smallest absolute Gasteiger partial charge is 0.338 e. The molecule has 1 aromatic carbocycles. The van der Waals surface area contributed by atoms with Gasteiger partial charge in [-0.05, 0) is 30.5 Å². The zero-order valence-electron chi connectivity index (χ0n) is 9.56. The Morgan fingerprint density at radius 3 is 2.56 bits per heavy atom. The Hall–Kier alpha value is -1.82. The molecule has 0 amide bonds. The van der Waals surface area contributed by atoms with Crippen LogP contribution in [0.25, 0.3) is 0 Å². The van der Waals surface area contributed by atoms with Gasteiger partial charge in [-0.15, -0.1) is 0 Å². The molecular formula is C13H15NO2. The highest BCUT2D eigenvalue weighted by Crippen LogP contribution is 2.18. The number of nitrogens with zero attached hydrogens (tertiary/aromatic N) is 1. The van der Waals surface area contributed by atoms with Crippen molar-refractivity contribution in [3.8, 4) is 6.07 Å². The maximum atomic E-state index is 11.4. The second kappa shape index (κ2) is 5.92. The zero-order chi connectivity index (χ0) is 12.0. The number of hydrogen-bond donors (Lipinski definition) is 0. The summed E-state index contributed by atoms with van der Waals surface area (Å²) in [4.78, 5) is 11.4. The van der Waals surface area contributed by atoms with E-state index in [0.717, 1.165) is 5.56 Å². The van der Waals surface area contributed by atoms with E-state index in [9.17, 15) is 4.79 Å². The van der Waals surface area contributed by atoms with Crippen LogP contribution in [-0.2, 0) is 4.74 Å². The Balaban J connectivity index is 2.75. The third-order valence-electron chi connectivity index (χ3n) is 2.39. The third-order valence-corrected chi connectivity index (χ3v) is 2.39. The topological polar surface area (TPSA) is 50.1 Å². The van der Waals surface area contributed by atoms with E-state index in [1.165, 1.54) is 0 Å². The molecule has 3 nitrogen and oxygen atoms in total. The molecular weight excluding hydrogens is 202 g/mol. The molecule has 1 rings (SSSR count). The van der Waals surface area contributed by atoms with E-state index < -0.39 is 0 Å². The lowest BCUT2D eigenvalue weighted by Gasteiger charge is -2.08. The molecule has 3 heteroatoms. The van der Waals surface area contributed by atoms with Crippen LogP contribution < -0.4 is 0 Å². The van der Waals surface area contributed by atoms with Gasteiger partial charge in [-0.1, -0.05) is 19.1 Å². The van der Waals surface area contributed by atoms with Crippen molar-refractivity contribution in [2.75, 3.05) is 6.61 Å². The van der Waals surface area contributed by atoms with Crippen LogP contribution in [0.5, 0.6) is 0 Å². The number of nitriles is 1. The fourth-order valence-electron chi connectivity index (χ4n) is 1.42. The Morgan fingerprint density at radius 2 is 2.06 bits per heavy atom. The Labute approximate surface area is 95.7 Å². The number of carbonyl (C=O) groups is 1. The summed E-state index contributed by atoms with van der Waals surface area (Å²) in [6.45, 7) is 4.15. The minimum atomic E-state index is -0.304. The summed E-state index contributed by atoms with van der Waals surface area (Å²) >= 11 is 0. The molecule has 0 aromatic heterocycles. The average molecular weight is 217 g/mol. The molecule has 0 heterocycles. The summed E-state index contributed by atoms with van der Waals surface area (Å²) in [6.07, 6.45) is 0.485. The lowest BCUT2D eigenvalue weighted by molar-refractivity contribution is 0.0526. The summed E-state index contributed by atoms with van der Waals surface area (Å²) in [5.41, 5.74) is 1.62. The Bertz CT molecular complexity index is 389. The maximum Gasteiger partial charge on any atom is 0.338 e. The van der Waals surface area contributed by atoms with Gasteiger partial charge in [0, 0.05) is 6.42 Å². The van der Waals surface area contributed by atoms with E-state index in [1.807, 2.05) is 19.1 Å². The van der Waals surface area contributed by atoms with E-state index in [2.05, 4.69) is 6.07 Å². The van der Waals surface area contributed by atoms with Crippen molar-refractivity contribution in [2.45, 2.75) is 26.2 Å². The van der Waals surface area contributed by atoms with Crippen molar-refractivity contribution in [1.82, 2.24) is 0 Å². The van der Waals surface area contributed by atoms with E-state index in [0.29, 0.717) is 18.6 Å². The predicted molar refractivity (Wildman–Crippen MR) is 61.0 cm³/mol. The van der Waals surface area contributed by atoms with Gasteiger partial charge in [-0.3, -0.25) is 0 Å². The van der Waals surface area contributed by atoms with E-state index in [-0.39, 0.29) is 11.9 Å². The van der Waals surface area contributed by atoms with Gasteiger partial charge in [0.2, 0.25) is 0 Å². The highest BCUT2D eigenvalue weighted by atomic mass is 16.5. The average Bonchev–Trinajstić information content (AvgIpc) is 2.30. The van der Waals surface area contributed by atoms with Crippen molar-refractivity contribution >= 4 is 5.97 Å². The molecule has 1 atom stereocenters. The van der Waals surface area contributed by atoms with Crippen LogP contribution in [-0.4, -0.2) is 12.6 Å². The van der Waals surface area contributed by atoms with Crippen LogP contribution in [0, 0.1) is 11.3 Å². The first kappa shape index (κ1) is 12.3. The lowest BCUT2D eigenvalue weighted by atomic mass is 9.97. The van der Waals surface area contributed by atoms with Gasteiger partial charge in [0.05, 0.1) is 18.2 Å². The number of ether oxygens (including phenoxy) is 1. The van der Waals surface area contributed by atoms with Crippen LogP contribution in [0.1, 0.15) is 42.1 Å². The highest BCUT2D eigenvalue weighted by molar-refractivity contribution is 5.89. The van der Waals surface area contributed by atoms with Crippen molar-refractivity contribution < 1.29 is 9.53 Å². The Morgan fingerprint density at radius 1 is 1.44 bits per heavy atom. The largest absolute Gasteiger partial charge is 0.462 e. The van der Waals surface area contributed by atoms with Crippen LogP contribution in [0.4, 0.5) is 0 Å². The molecule has 0 saturated carbocycles. The molecule has 1 aromatic rings. The van der Waals surface area contributed by atoms with E-state index >= 15 is 0 Å². The van der Waals surface area contributed by atoms with Crippen LogP contribution in [0.2, 0.25) is 0 Å².